The van der Waals surface area contributed by atoms with Crippen molar-refractivity contribution in [1.82, 2.24) is 5.32 Å². The molecule has 0 radical (unpaired) electrons. The minimum Gasteiger partial charge on any atom is -0.368 e. The summed E-state index contributed by atoms with van der Waals surface area (Å²) < 4.78 is 0. The Morgan fingerprint density at radius 3 is 2.40 bits per heavy atom. The predicted molar refractivity (Wildman–Crippen MR) is 57.5 cm³/mol. The molecule has 2 aliphatic rings. The molecule has 1 aromatic carbocycles. The van der Waals surface area contributed by atoms with E-state index in [9.17, 15) is 0 Å². The average molecular weight is 200 g/mol. The molecular formula is C11H12N4. The van der Waals surface area contributed by atoms with Crippen LogP contribution in [-0.2, 0) is 0 Å². The summed E-state index contributed by atoms with van der Waals surface area (Å²) in [6.45, 7) is 3.71. The summed E-state index contributed by atoms with van der Waals surface area (Å²) in [5.41, 5.74) is -0.528. The van der Waals surface area contributed by atoms with Gasteiger partial charge in [0, 0.05) is 6.54 Å². The summed E-state index contributed by atoms with van der Waals surface area (Å²) >= 11 is 0. The van der Waals surface area contributed by atoms with Crippen LogP contribution in [0.4, 0.5) is 0 Å². The number of para-hydroxylation sites is 2. The van der Waals surface area contributed by atoms with Gasteiger partial charge in [0.1, 0.15) is 5.84 Å². The smallest absolute Gasteiger partial charge is 0.205 e. The highest BCUT2D eigenvalue weighted by Gasteiger charge is 2.33. The van der Waals surface area contributed by atoms with Crippen LogP contribution in [-0.4, -0.2) is 24.6 Å². The number of fused-ring (bicyclic) bond motifs is 1. The Balaban J connectivity index is 2.15. The van der Waals surface area contributed by atoms with E-state index in [1.54, 1.807) is 0 Å². The SMILES string of the molecule is CC1(C2=NCCN2)N=c2ccccc2=N1. The fourth-order valence-corrected chi connectivity index (χ4v) is 1.97. The topological polar surface area (TPSA) is 49.1 Å². The van der Waals surface area contributed by atoms with E-state index in [2.05, 4.69) is 20.3 Å². The summed E-state index contributed by atoms with van der Waals surface area (Å²) in [5, 5.41) is 5.15. The number of amidine groups is 1. The number of aliphatic imine (C=N–C) groups is 1. The van der Waals surface area contributed by atoms with Gasteiger partial charge in [-0.25, -0.2) is 9.98 Å². The Morgan fingerprint density at radius 2 is 1.87 bits per heavy atom. The van der Waals surface area contributed by atoms with Gasteiger partial charge in [0.05, 0.1) is 17.3 Å². The van der Waals surface area contributed by atoms with E-state index in [1.807, 2.05) is 31.2 Å². The molecule has 0 saturated heterocycles. The van der Waals surface area contributed by atoms with Gasteiger partial charge in [-0.1, -0.05) is 12.1 Å². The standard InChI is InChI=1S/C11H12N4/c1-11(10-12-6-7-13-10)14-8-4-2-3-5-9(8)15-11/h2-5H,6-7H2,1H3,(H,12,13). The second-order valence-electron chi connectivity index (χ2n) is 3.89. The van der Waals surface area contributed by atoms with E-state index in [4.69, 9.17) is 0 Å². The van der Waals surface area contributed by atoms with E-state index >= 15 is 0 Å². The largest absolute Gasteiger partial charge is 0.368 e. The highest BCUT2D eigenvalue weighted by Crippen LogP contribution is 2.15. The lowest BCUT2D eigenvalue weighted by Crippen LogP contribution is -2.38. The van der Waals surface area contributed by atoms with Gasteiger partial charge in [-0.2, -0.15) is 0 Å². The van der Waals surface area contributed by atoms with Crippen molar-refractivity contribution in [3.05, 3.63) is 35.0 Å². The van der Waals surface area contributed by atoms with Crippen molar-refractivity contribution >= 4 is 5.84 Å². The third-order valence-electron chi connectivity index (χ3n) is 2.68. The van der Waals surface area contributed by atoms with Gasteiger partial charge in [-0.15, -0.1) is 0 Å². The van der Waals surface area contributed by atoms with Crippen LogP contribution >= 0.6 is 0 Å². The predicted octanol–water partition coefficient (Wildman–Crippen LogP) is -0.343. The zero-order valence-electron chi connectivity index (χ0n) is 8.57. The van der Waals surface area contributed by atoms with Gasteiger partial charge in [0.15, 0.2) is 0 Å². The van der Waals surface area contributed by atoms with Crippen molar-refractivity contribution in [2.45, 2.75) is 12.6 Å². The molecule has 15 heavy (non-hydrogen) atoms. The van der Waals surface area contributed by atoms with Crippen molar-refractivity contribution in [1.29, 1.82) is 0 Å². The summed E-state index contributed by atoms with van der Waals surface area (Å²) in [5.74, 6) is 0.888. The molecule has 0 aliphatic carbocycles. The lowest BCUT2D eigenvalue weighted by Gasteiger charge is -2.17. The van der Waals surface area contributed by atoms with Crippen molar-refractivity contribution in [3.8, 4) is 0 Å². The number of nitrogens with one attached hydrogen (secondary N) is 1. The van der Waals surface area contributed by atoms with E-state index in [-0.39, 0.29) is 0 Å². The molecule has 0 fully saturated rings. The quantitative estimate of drug-likeness (QED) is 0.662. The highest BCUT2D eigenvalue weighted by atomic mass is 15.2. The normalized spacial score (nSPS) is 21.0. The molecule has 76 valence electrons. The molecule has 1 aromatic rings. The van der Waals surface area contributed by atoms with Gasteiger partial charge in [0.25, 0.3) is 0 Å². The second kappa shape index (κ2) is 2.89. The van der Waals surface area contributed by atoms with Crippen LogP contribution in [0.5, 0.6) is 0 Å². The third kappa shape index (κ3) is 1.25. The first kappa shape index (κ1) is 8.59. The first-order valence-corrected chi connectivity index (χ1v) is 5.12. The molecule has 4 heteroatoms. The van der Waals surface area contributed by atoms with Gasteiger partial charge in [-0.05, 0) is 19.1 Å². The van der Waals surface area contributed by atoms with E-state index in [1.165, 1.54) is 0 Å². The Hall–Kier alpha value is -1.71. The first-order valence-electron chi connectivity index (χ1n) is 5.12. The monoisotopic (exact) mass is 200 g/mol. The van der Waals surface area contributed by atoms with Crippen molar-refractivity contribution < 1.29 is 0 Å². The van der Waals surface area contributed by atoms with Crippen LogP contribution in [0.25, 0.3) is 0 Å². The molecule has 0 bridgehead atoms. The maximum atomic E-state index is 4.61. The molecular weight excluding hydrogens is 188 g/mol. The number of hydrogen-bond acceptors (Lipinski definition) is 4. The Bertz CT molecular complexity index is 509. The molecule has 3 rings (SSSR count). The zero-order chi connectivity index (χ0) is 10.3. The highest BCUT2D eigenvalue weighted by molar-refractivity contribution is 5.92. The summed E-state index contributed by atoms with van der Waals surface area (Å²) in [6.07, 6.45) is 0. The molecule has 0 saturated carbocycles. The number of benzene rings is 1. The maximum Gasteiger partial charge on any atom is 0.205 e. The summed E-state index contributed by atoms with van der Waals surface area (Å²) in [6, 6.07) is 7.93. The lowest BCUT2D eigenvalue weighted by atomic mass is 10.2. The van der Waals surface area contributed by atoms with Crippen LogP contribution in [0.2, 0.25) is 0 Å². The number of hydrogen-bond donors (Lipinski definition) is 1. The van der Waals surface area contributed by atoms with Gasteiger partial charge >= 0.3 is 0 Å². The van der Waals surface area contributed by atoms with E-state index in [0.717, 1.165) is 29.6 Å². The molecule has 1 N–H and O–H groups in total. The van der Waals surface area contributed by atoms with Crippen molar-refractivity contribution in [2.24, 2.45) is 15.0 Å². The maximum absolute atomic E-state index is 4.61. The van der Waals surface area contributed by atoms with Crippen LogP contribution in [0.15, 0.2) is 39.2 Å². The van der Waals surface area contributed by atoms with E-state index < -0.39 is 5.66 Å². The Labute approximate surface area is 87.5 Å². The minimum absolute atomic E-state index is 0.528. The Kier molecular flexibility index (Phi) is 1.65. The fraction of sp³-hybridized carbons (Fsp3) is 0.364. The van der Waals surface area contributed by atoms with Crippen LogP contribution in [0, 0.1) is 0 Å². The van der Waals surface area contributed by atoms with Gasteiger partial charge < -0.3 is 5.32 Å². The molecule has 0 amide bonds. The van der Waals surface area contributed by atoms with Gasteiger partial charge in [-0.3, -0.25) is 4.99 Å². The second-order valence-corrected chi connectivity index (χ2v) is 3.89. The average Bonchev–Trinajstić information content (AvgIpc) is 2.83. The first-order chi connectivity index (χ1) is 7.28. The lowest BCUT2D eigenvalue weighted by molar-refractivity contribution is 0.643. The molecule has 0 spiro atoms. The molecule has 4 nitrogen and oxygen atoms in total. The molecule has 2 heterocycles. The van der Waals surface area contributed by atoms with Crippen molar-refractivity contribution in [3.63, 3.8) is 0 Å². The third-order valence-corrected chi connectivity index (χ3v) is 2.68. The minimum atomic E-state index is -0.528. The van der Waals surface area contributed by atoms with Crippen LogP contribution in [0.3, 0.4) is 0 Å². The Morgan fingerprint density at radius 1 is 1.20 bits per heavy atom. The number of rotatable bonds is 1. The molecule has 0 atom stereocenters. The fourth-order valence-electron chi connectivity index (χ4n) is 1.97. The molecule has 0 unspecified atom stereocenters. The number of nitrogens with zero attached hydrogens (tertiary/aromatic N) is 3. The van der Waals surface area contributed by atoms with Gasteiger partial charge in [0.2, 0.25) is 5.66 Å². The summed E-state index contributed by atoms with van der Waals surface area (Å²) in [7, 11) is 0. The van der Waals surface area contributed by atoms with E-state index in [0.29, 0.717) is 0 Å². The molecule has 0 aromatic heterocycles. The van der Waals surface area contributed by atoms with Crippen molar-refractivity contribution in [2.75, 3.05) is 13.1 Å². The van der Waals surface area contributed by atoms with Crippen LogP contribution in [0.1, 0.15) is 6.92 Å². The summed E-state index contributed by atoms with van der Waals surface area (Å²) in [4.78, 5) is 13.6. The molecule has 2 aliphatic heterocycles. The van der Waals surface area contributed by atoms with Crippen LogP contribution < -0.4 is 16.0 Å². The zero-order valence-corrected chi connectivity index (χ0v) is 8.57.